The molecule has 0 heterocycles. The molecule has 0 atom stereocenters. The maximum absolute atomic E-state index is 10.6. The molecule has 2 N–H and O–H groups in total. The minimum absolute atomic E-state index is 0.176. The Morgan fingerprint density at radius 3 is 2.60 bits per heavy atom. The van der Waals surface area contributed by atoms with Gasteiger partial charge in [0, 0.05) is 0 Å². The maximum Gasteiger partial charge on any atom is 0.307 e. The Morgan fingerprint density at radius 2 is 2.13 bits per heavy atom. The van der Waals surface area contributed by atoms with Crippen LogP contribution < -0.4 is 0 Å². The number of carbonyl (C=O) groups is 1. The van der Waals surface area contributed by atoms with Crippen LogP contribution in [-0.4, -0.2) is 16.2 Å². The van der Waals surface area contributed by atoms with Gasteiger partial charge in [-0.2, -0.15) is 5.26 Å². The van der Waals surface area contributed by atoms with Crippen LogP contribution in [0.25, 0.3) is 0 Å². The Morgan fingerprint density at radius 1 is 1.47 bits per heavy atom. The number of nitrogens with zero attached hydrogens (tertiary/aromatic N) is 1. The molecule has 0 aliphatic heterocycles. The minimum Gasteiger partial charge on any atom is -0.481 e. The van der Waals surface area contributed by atoms with Crippen LogP contribution in [0.2, 0.25) is 0 Å². The van der Waals surface area contributed by atoms with E-state index >= 15 is 0 Å². The second kappa shape index (κ2) is 4.58. The highest BCUT2D eigenvalue weighted by Crippen LogP contribution is 2.17. The van der Waals surface area contributed by atoms with Crippen LogP contribution in [0.15, 0.2) is 12.1 Å². The molecule has 0 spiro atoms. The largest absolute Gasteiger partial charge is 0.481 e. The third kappa shape index (κ3) is 2.55. The van der Waals surface area contributed by atoms with E-state index in [-0.39, 0.29) is 13.0 Å². The van der Waals surface area contributed by atoms with Crippen LogP contribution in [0.4, 0.5) is 0 Å². The topological polar surface area (TPSA) is 81.3 Å². The molecule has 0 saturated heterocycles. The van der Waals surface area contributed by atoms with Crippen molar-refractivity contribution in [1.82, 2.24) is 0 Å². The van der Waals surface area contributed by atoms with Gasteiger partial charge >= 0.3 is 5.97 Å². The molecular formula is C11H11NO3. The molecule has 1 rings (SSSR count). The Hall–Kier alpha value is -1.86. The van der Waals surface area contributed by atoms with Crippen LogP contribution >= 0.6 is 0 Å². The zero-order valence-corrected chi connectivity index (χ0v) is 8.32. The molecule has 0 aromatic heterocycles. The Balaban J connectivity index is 3.23. The molecule has 0 bridgehead atoms. The lowest BCUT2D eigenvalue weighted by Gasteiger charge is -2.07. The van der Waals surface area contributed by atoms with E-state index in [9.17, 15) is 4.79 Å². The van der Waals surface area contributed by atoms with Gasteiger partial charge in [0.15, 0.2) is 0 Å². The molecule has 0 saturated carbocycles. The highest BCUT2D eigenvalue weighted by Gasteiger charge is 2.09. The zero-order chi connectivity index (χ0) is 11.4. The summed E-state index contributed by atoms with van der Waals surface area (Å²) in [6, 6.07) is 5.16. The number of benzene rings is 1. The van der Waals surface area contributed by atoms with Crippen molar-refractivity contribution < 1.29 is 15.0 Å². The standard InChI is InChI=1S/C11H11NO3/c1-7-2-10(6-13)8(4-11(14)15)3-9(7)5-12/h2-3,13H,4,6H2,1H3,(H,14,15). The summed E-state index contributed by atoms with van der Waals surface area (Å²) in [6.45, 7) is 1.54. The van der Waals surface area contributed by atoms with Crippen molar-refractivity contribution in [2.24, 2.45) is 0 Å². The molecule has 0 radical (unpaired) electrons. The Labute approximate surface area is 87.4 Å². The highest BCUT2D eigenvalue weighted by atomic mass is 16.4. The van der Waals surface area contributed by atoms with Crippen molar-refractivity contribution in [3.63, 3.8) is 0 Å². The number of aliphatic carboxylic acids is 1. The van der Waals surface area contributed by atoms with Gasteiger partial charge in [0.25, 0.3) is 0 Å². The fraction of sp³-hybridized carbons (Fsp3) is 0.273. The quantitative estimate of drug-likeness (QED) is 0.770. The lowest BCUT2D eigenvalue weighted by molar-refractivity contribution is -0.136. The number of carboxylic acid groups (broad SMARTS) is 1. The molecule has 0 unspecified atom stereocenters. The van der Waals surface area contributed by atoms with E-state index in [1.54, 1.807) is 13.0 Å². The highest BCUT2D eigenvalue weighted by molar-refractivity contribution is 5.71. The maximum atomic E-state index is 10.6. The van der Waals surface area contributed by atoms with E-state index in [2.05, 4.69) is 0 Å². The van der Waals surface area contributed by atoms with Crippen molar-refractivity contribution >= 4 is 5.97 Å². The lowest BCUT2D eigenvalue weighted by Crippen LogP contribution is -2.05. The van der Waals surface area contributed by atoms with Crippen LogP contribution in [-0.2, 0) is 17.8 Å². The monoisotopic (exact) mass is 205 g/mol. The van der Waals surface area contributed by atoms with Crippen molar-refractivity contribution in [2.45, 2.75) is 20.0 Å². The van der Waals surface area contributed by atoms with Crippen molar-refractivity contribution in [3.05, 3.63) is 34.4 Å². The number of aliphatic hydroxyl groups is 1. The van der Waals surface area contributed by atoms with Gasteiger partial charge in [-0.15, -0.1) is 0 Å². The predicted molar refractivity (Wildman–Crippen MR) is 53.2 cm³/mol. The third-order valence-electron chi connectivity index (χ3n) is 2.18. The molecule has 0 fully saturated rings. The van der Waals surface area contributed by atoms with E-state index in [1.807, 2.05) is 6.07 Å². The molecule has 0 aliphatic carbocycles. The molecule has 0 amide bonds. The molecule has 1 aromatic rings. The van der Waals surface area contributed by atoms with Gasteiger partial charge in [0.05, 0.1) is 24.7 Å². The smallest absolute Gasteiger partial charge is 0.307 e. The molecule has 15 heavy (non-hydrogen) atoms. The van der Waals surface area contributed by atoms with Gasteiger partial charge in [-0.25, -0.2) is 0 Å². The van der Waals surface area contributed by atoms with Gasteiger partial charge in [0.2, 0.25) is 0 Å². The van der Waals surface area contributed by atoms with Crippen LogP contribution in [0.1, 0.15) is 22.3 Å². The number of nitriles is 1. The molecule has 4 nitrogen and oxygen atoms in total. The predicted octanol–water partition coefficient (Wildman–Crippen LogP) is 0.986. The van der Waals surface area contributed by atoms with Crippen LogP contribution in [0.5, 0.6) is 0 Å². The van der Waals surface area contributed by atoms with Crippen molar-refractivity contribution in [3.8, 4) is 6.07 Å². The molecule has 1 aromatic carbocycles. The number of aliphatic hydroxyl groups excluding tert-OH is 1. The number of rotatable bonds is 3. The molecule has 0 aliphatic rings. The van der Waals surface area contributed by atoms with Crippen molar-refractivity contribution in [1.29, 1.82) is 5.26 Å². The number of carboxylic acids is 1. The van der Waals surface area contributed by atoms with E-state index in [1.165, 1.54) is 6.07 Å². The Kier molecular flexibility index (Phi) is 3.42. The first-order valence-electron chi connectivity index (χ1n) is 4.43. The second-order valence-corrected chi connectivity index (χ2v) is 3.28. The number of hydrogen-bond donors (Lipinski definition) is 2. The molecular weight excluding hydrogens is 194 g/mol. The van der Waals surface area contributed by atoms with E-state index in [0.29, 0.717) is 16.7 Å². The fourth-order valence-corrected chi connectivity index (χ4v) is 1.41. The summed E-state index contributed by atoms with van der Waals surface area (Å²) in [5, 5.41) is 26.5. The number of hydrogen-bond acceptors (Lipinski definition) is 3. The normalized spacial score (nSPS) is 9.67. The summed E-state index contributed by atoms with van der Waals surface area (Å²) in [5.74, 6) is -0.975. The van der Waals surface area contributed by atoms with E-state index < -0.39 is 5.97 Å². The SMILES string of the molecule is Cc1cc(CO)c(CC(=O)O)cc1C#N. The van der Waals surface area contributed by atoms with Gasteiger partial charge in [-0.1, -0.05) is 6.07 Å². The summed E-state index contributed by atoms with van der Waals surface area (Å²) < 4.78 is 0. The Bertz CT molecular complexity index is 432. The van der Waals surface area contributed by atoms with E-state index in [4.69, 9.17) is 15.5 Å². The van der Waals surface area contributed by atoms with Crippen LogP contribution in [0, 0.1) is 18.3 Å². The summed E-state index contributed by atoms with van der Waals surface area (Å²) in [6.07, 6.45) is -0.176. The average Bonchev–Trinajstić information content (AvgIpc) is 2.19. The lowest BCUT2D eigenvalue weighted by atomic mass is 9.98. The first-order chi connectivity index (χ1) is 7.08. The number of aryl methyl sites for hydroxylation is 1. The summed E-state index contributed by atoms with van der Waals surface area (Å²) in [5.41, 5.74) is 2.25. The first-order valence-corrected chi connectivity index (χ1v) is 4.43. The van der Waals surface area contributed by atoms with E-state index in [0.717, 1.165) is 5.56 Å². The second-order valence-electron chi connectivity index (χ2n) is 3.28. The van der Waals surface area contributed by atoms with Gasteiger partial charge in [-0.05, 0) is 29.7 Å². The molecule has 4 heteroatoms. The van der Waals surface area contributed by atoms with Gasteiger partial charge in [-0.3, -0.25) is 4.79 Å². The molecule has 78 valence electrons. The summed E-state index contributed by atoms with van der Waals surface area (Å²) in [4.78, 5) is 10.6. The first kappa shape index (κ1) is 11.2. The van der Waals surface area contributed by atoms with Gasteiger partial charge < -0.3 is 10.2 Å². The summed E-state index contributed by atoms with van der Waals surface area (Å²) in [7, 11) is 0. The fourth-order valence-electron chi connectivity index (χ4n) is 1.41. The average molecular weight is 205 g/mol. The minimum atomic E-state index is -0.975. The zero-order valence-electron chi connectivity index (χ0n) is 8.32. The van der Waals surface area contributed by atoms with Crippen molar-refractivity contribution in [2.75, 3.05) is 0 Å². The summed E-state index contributed by atoms with van der Waals surface area (Å²) >= 11 is 0. The van der Waals surface area contributed by atoms with Gasteiger partial charge in [0.1, 0.15) is 0 Å². The van der Waals surface area contributed by atoms with Crippen LogP contribution in [0.3, 0.4) is 0 Å². The third-order valence-corrected chi connectivity index (χ3v) is 2.18.